The van der Waals surface area contributed by atoms with Crippen molar-refractivity contribution in [1.82, 2.24) is 20.2 Å². The van der Waals surface area contributed by atoms with Crippen LogP contribution in [0.25, 0.3) is 5.69 Å². The average molecular weight is 610 g/mol. The number of tetrazole rings is 1. The highest BCUT2D eigenvalue weighted by molar-refractivity contribution is 7.99. The Morgan fingerprint density at radius 1 is 0.909 bits per heavy atom. The topological polar surface area (TPSA) is 132 Å². The van der Waals surface area contributed by atoms with Crippen LogP contribution in [0.3, 0.4) is 0 Å². The van der Waals surface area contributed by atoms with Gasteiger partial charge in [-0.2, -0.15) is 4.68 Å². The maximum atomic E-state index is 12.6. The highest BCUT2D eigenvalue weighted by Gasteiger charge is 2.38. The zero-order valence-electron chi connectivity index (χ0n) is 23.9. The van der Waals surface area contributed by atoms with Crippen molar-refractivity contribution < 1.29 is 24.5 Å². The van der Waals surface area contributed by atoms with E-state index in [0.29, 0.717) is 22.2 Å². The first kappa shape index (κ1) is 29.5. The van der Waals surface area contributed by atoms with E-state index in [0.717, 1.165) is 22.4 Å². The number of benzene rings is 4. The fourth-order valence-electron chi connectivity index (χ4n) is 5.01. The van der Waals surface area contributed by atoms with Gasteiger partial charge in [0, 0.05) is 28.5 Å². The Kier molecular flexibility index (Phi) is 8.99. The van der Waals surface area contributed by atoms with Crippen LogP contribution in [-0.4, -0.2) is 48.2 Å². The van der Waals surface area contributed by atoms with E-state index >= 15 is 0 Å². The normalized spacial score (nSPS) is 19.9. The summed E-state index contributed by atoms with van der Waals surface area (Å²) in [6.07, 6.45) is -1.17. The standard InChI is InChI=1S/C33H31N5O5S/c1-21-29(20-44-33-35-36-37-38(33)27-15-17-28(40)18-16-27)42-32(43-30(21)23-9-7-22(19-39)8-10-23)25-11-13-26(14-12-25)34-31(41)24-5-3-2-4-6-24/h2-18,21,29-30,32,39-40H,19-20H2,1H3,(H,34,41)/t21-,29+,30+,32+/m1/s1. The molecule has 6 rings (SSSR count). The van der Waals surface area contributed by atoms with Gasteiger partial charge in [-0.1, -0.05) is 73.3 Å². The molecule has 0 bridgehead atoms. The third-order valence-electron chi connectivity index (χ3n) is 7.51. The molecule has 1 aliphatic heterocycles. The number of hydrogen-bond acceptors (Lipinski definition) is 9. The Morgan fingerprint density at radius 3 is 2.32 bits per heavy atom. The van der Waals surface area contributed by atoms with Crippen LogP contribution < -0.4 is 5.32 Å². The number of ether oxygens (including phenoxy) is 2. The van der Waals surface area contributed by atoms with E-state index in [-0.39, 0.29) is 36.4 Å². The van der Waals surface area contributed by atoms with E-state index in [2.05, 4.69) is 27.8 Å². The summed E-state index contributed by atoms with van der Waals surface area (Å²) in [4.78, 5) is 12.6. The maximum Gasteiger partial charge on any atom is 0.255 e. The van der Waals surface area contributed by atoms with E-state index in [1.165, 1.54) is 11.8 Å². The molecular weight excluding hydrogens is 578 g/mol. The molecule has 0 saturated carbocycles. The number of aromatic hydroxyl groups is 1. The Labute approximate surface area is 258 Å². The van der Waals surface area contributed by atoms with Crippen LogP contribution in [0.5, 0.6) is 5.75 Å². The molecule has 0 spiro atoms. The van der Waals surface area contributed by atoms with Gasteiger partial charge in [0.15, 0.2) is 6.29 Å². The molecule has 0 radical (unpaired) electrons. The summed E-state index contributed by atoms with van der Waals surface area (Å²) in [5.41, 5.74) is 4.60. The zero-order valence-corrected chi connectivity index (χ0v) is 24.7. The fraction of sp³-hybridized carbons (Fsp3) is 0.212. The molecule has 44 heavy (non-hydrogen) atoms. The van der Waals surface area contributed by atoms with Crippen molar-refractivity contribution in [1.29, 1.82) is 0 Å². The number of aliphatic hydroxyl groups excluding tert-OH is 1. The van der Waals surface area contributed by atoms with E-state index in [1.54, 1.807) is 41.1 Å². The van der Waals surface area contributed by atoms with Crippen molar-refractivity contribution in [2.75, 3.05) is 11.1 Å². The average Bonchev–Trinajstić information content (AvgIpc) is 3.54. The molecule has 4 atom stereocenters. The first-order valence-electron chi connectivity index (χ1n) is 14.2. The highest BCUT2D eigenvalue weighted by atomic mass is 32.2. The van der Waals surface area contributed by atoms with Crippen molar-refractivity contribution >= 4 is 23.4 Å². The first-order valence-corrected chi connectivity index (χ1v) is 15.1. The molecule has 10 nitrogen and oxygen atoms in total. The molecule has 1 amide bonds. The number of nitrogens with one attached hydrogen (secondary N) is 1. The Hall–Kier alpha value is -4.55. The number of carbonyl (C=O) groups excluding carboxylic acids is 1. The number of carbonyl (C=O) groups is 1. The molecule has 5 aromatic rings. The molecule has 1 aliphatic rings. The third kappa shape index (κ3) is 6.66. The van der Waals surface area contributed by atoms with Crippen molar-refractivity contribution in [3.63, 3.8) is 0 Å². The summed E-state index contributed by atoms with van der Waals surface area (Å²) >= 11 is 1.47. The van der Waals surface area contributed by atoms with Crippen LogP contribution in [0, 0.1) is 5.92 Å². The summed E-state index contributed by atoms with van der Waals surface area (Å²) < 4.78 is 14.7. The molecule has 0 unspecified atom stereocenters. The summed E-state index contributed by atoms with van der Waals surface area (Å²) in [6, 6.07) is 30.9. The molecular formula is C33H31N5O5S. The summed E-state index contributed by atoms with van der Waals surface area (Å²) in [5, 5.41) is 34.9. The molecule has 224 valence electrons. The van der Waals surface area contributed by atoms with Crippen LogP contribution in [0.1, 0.15) is 46.4 Å². The van der Waals surface area contributed by atoms with Gasteiger partial charge in [0.2, 0.25) is 5.16 Å². The molecule has 0 aliphatic carbocycles. The number of anilines is 1. The molecule has 1 saturated heterocycles. The largest absolute Gasteiger partial charge is 0.508 e. The van der Waals surface area contributed by atoms with Crippen molar-refractivity contribution in [2.45, 2.75) is 37.2 Å². The van der Waals surface area contributed by atoms with Crippen LogP contribution in [0.15, 0.2) is 108 Å². The van der Waals surface area contributed by atoms with Crippen LogP contribution in [0.2, 0.25) is 0 Å². The van der Waals surface area contributed by atoms with Gasteiger partial charge in [0.25, 0.3) is 5.91 Å². The number of rotatable bonds is 9. The Morgan fingerprint density at radius 2 is 1.61 bits per heavy atom. The lowest BCUT2D eigenvalue weighted by Crippen LogP contribution is -2.38. The fourth-order valence-corrected chi connectivity index (χ4v) is 6.06. The lowest BCUT2D eigenvalue weighted by atomic mass is 9.91. The number of nitrogens with zero attached hydrogens (tertiary/aromatic N) is 4. The molecule has 2 heterocycles. The smallest absolute Gasteiger partial charge is 0.255 e. The zero-order chi connectivity index (χ0) is 30.5. The number of hydrogen-bond donors (Lipinski definition) is 3. The molecule has 4 aromatic carbocycles. The number of aromatic nitrogens is 4. The predicted octanol–water partition coefficient (Wildman–Crippen LogP) is 5.70. The minimum Gasteiger partial charge on any atom is -0.508 e. The number of thioether (sulfide) groups is 1. The first-order chi connectivity index (χ1) is 21.5. The second kappa shape index (κ2) is 13.4. The lowest BCUT2D eigenvalue weighted by Gasteiger charge is -2.41. The second-order valence-electron chi connectivity index (χ2n) is 10.5. The van der Waals surface area contributed by atoms with Crippen LogP contribution >= 0.6 is 11.8 Å². The predicted molar refractivity (Wildman–Crippen MR) is 165 cm³/mol. The quantitative estimate of drug-likeness (QED) is 0.180. The van der Waals surface area contributed by atoms with Gasteiger partial charge in [0.05, 0.1) is 24.5 Å². The van der Waals surface area contributed by atoms with Crippen LogP contribution in [0.4, 0.5) is 5.69 Å². The number of aliphatic hydroxyl groups is 1. The highest BCUT2D eigenvalue weighted by Crippen LogP contribution is 2.43. The molecule has 1 aromatic heterocycles. The monoisotopic (exact) mass is 609 g/mol. The number of phenolic OH excluding ortho intramolecular Hbond substituents is 1. The molecule has 3 N–H and O–H groups in total. The van der Waals surface area contributed by atoms with Gasteiger partial charge in [0.1, 0.15) is 5.75 Å². The second-order valence-corrected chi connectivity index (χ2v) is 11.5. The van der Waals surface area contributed by atoms with Crippen molar-refractivity contribution in [3.8, 4) is 11.4 Å². The Balaban J connectivity index is 1.21. The SMILES string of the molecule is C[C@@H]1[C@H](CSc2nnnn2-c2ccc(O)cc2)O[C@H](c2ccc(NC(=O)c3ccccc3)cc2)O[C@@H]1c1ccc(CO)cc1. The maximum absolute atomic E-state index is 12.6. The number of phenols is 1. The lowest BCUT2D eigenvalue weighted by molar-refractivity contribution is -0.268. The summed E-state index contributed by atoms with van der Waals surface area (Å²) in [5.74, 6) is 0.503. The van der Waals surface area contributed by atoms with E-state index in [1.807, 2.05) is 66.7 Å². The van der Waals surface area contributed by atoms with Gasteiger partial charge in [-0.25, -0.2) is 0 Å². The van der Waals surface area contributed by atoms with Gasteiger partial charge in [-0.3, -0.25) is 4.79 Å². The van der Waals surface area contributed by atoms with E-state index in [4.69, 9.17) is 9.47 Å². The van der Waals surface area contributed by atoms with Gasteiger partial charge in [-0.05, 0) is 70.1 Å². The molecule has 11 heteroatoms. The Bertz CT molecular complexity index is 1680. The minimum absolute atomic E-state index is 0.0267. The van der Waals surface area contributed by atoms with Gasteiger partial charge >= 0.3 is 0 Å². The minimum atomic E-state index is -0.661. The van der Waals surface area contributed by atoms with Crippen LogP contribution in [-0.2, 0) is 16.1 Å². The molecule has 1 fully saturated rings. The third-order valence-corrected chi connectivity index (χ3v) is 8.52. The number of amides is 1. The van der Waals surface area contributed by atoms with E-state index < -0.39 is 6.29 Å². The summed E-state index contributed by atoms with van der Waals surface area (Å²) in [6.45, 7) is 2.06. The summed E-state index contributed by atoms with van der Waals surface area (Å²) in [7, 11) is 0. The van der Waals surface area contributed by atoms with E-state index in [9.17, 15) is 15.0 Å². The van der Waals surface area contributed by atoms with Crippen molar-refractivity contribution in [3.05, 3.63) is 125 Å². The van der Waals surface area contributed by atoms with Gasteiger partial charge < -0.3 is 25.0 Å². The van der Waals surface area contributed by atoms with Gasteiger partial charge in [-0.15, -0.1) is 5.10 Å². The van der Waals surface area contributed by atoms with Crippen molar-refractivity contribution in [2.24, 2.45) is 5.92 Å².